The van der Waals surface area contributed by atoms with Crippen molar-refractivity contribution in [3.8, 4) is 0 Å². The SMILES string of the molecule is CN=C(C(=NC)N1CCCCC1)c1ccc(F)c(F)c1. The Morgan fingerprint density at radius 1 is 1.00 bits per heavy atom. The lowest BCUT2D eigenvalue weighted by Crippen LogP contribution is -2.40. The molecule has 108 valence electrons. The third kappa shape index (κ3) is 3.03. The van der Waals surface area contributed by atoms with Crippen LogP contribution in [0.4, 0.5) is 8.78 Å². The number of halogens is 2. The number of aliphatic imine (C=N–C) groups is 2. The van der Waals surface area contributed by atoms with E-state index in [0.717, 1.165) is 37.8 Å². The second kappa shape index (κ2) is 6.59. The smallest absolute Gasteiger partial charge is 0.159 e. The van der Waals surface area contributed by atoms with Crippen molar-refractivity contribution in [1.82, 2.24) is 4.90 Å². The molecule has 0 spiro atoms. The second-order valence-corrected chi connectivity index (χ2v) is 4.80. The van der Waals surface area contributed by atoms with Crippen molar-refractivity contribution in [3.63, 3.8) is 0 Å². The first kappa shape index (κ1) is 14.6. The number of rotatable bonds is 2. The van der Waals surface area contributed by atoms with Gasteiger partial charge in [-0.3, -0.25) is 9.98 Å². The minimum atomic E-state index is -0.863. The van der Waals surface area contributed by atoms with Gasteiger partial charge in [-0.05, 0) is 37.5 Å². The lowest BCUT2D eigenvalue weighted by atomic mass is 10.1. The van der Waals surface area contributed by atoms with Gasteiger partial charge in [0.1, 0.15) is 11.5 Å². The maximum absolute atomic E-state index is 13.4. The predicted octanol–water partition coefficient (Wildman–Crippen LogP) is 2.90. The number of amidine groups is 1. The zero-order valence-electron chi connectivity index (χ0n) is 11.9. The van der Waals surface area contributed by atoms with Crippen molar-refractivity contribution < 1.29 is 8.78 Å². The van der Waals surface area contributed by atoms with E-state index in [1.54, 1.807) is 14.1 Å². The fourth-order valence-corrected chi connectivity index (χ4v) is 2.50. The highest BCUT2D eigenvalue weighted by Crippen LogP contribution is 2.15. The summed E-state index contributed by atoms with van der Waals surface area (Å²) in [5.74, 6) is -0.965. The van der Waals surface area contributed by atoms with Crippen LogP contribution in [0.2, 0.25) is 0 Å². The van der Waals surface area contributed by atoms with E-state index in [2.05, 4.69) is 14.9 Å². The molecule has 1 saturated heterocycles. The molecule has 0 N–H and O–H groups in total. The maximum atomic E-state index is 13.4. The summed E-state index contributed by atoms with van der Waals surface area (Å²) in [6.45, 7) is 1.85. The van der Waals surface area contributed by atoms with Crippen molar-refractivity contribution in [1.29, 1.82) is 0 Å². The van der Waals surface area contributed by atoms with Crippen molar-refractivity contribution >= 4 is 11.5 Å². The lowest BCUT2D eigenvalue weighted by Gasteiger charge is -2.30. The zero-order valence-corrected chi connectivity index (χ0v) is 11.9. The van der Waals surface area contributed by atoms with Crippen LogP contribution in [0.1, 0.15) is 24.8 Å². The molecule has 0 aromatic heterocycles. The summed E-state index contributed by atoms with van der Waals surface area (Å²) in [7, 11) is 3.35. The summed E-state index contributed by atoms with van der Waals surface area (Å²) < 4.78 is 26.5. The minimum absolute atomic E-state index is 0.553. The standard InChI is InChI=1S/C15H19F2N3/c1-18-14(11-6-7-12(16)13(17)10-11)15(19-2)20-8-4-3-5-9-20/h6-7,10H,3-5,8-9H2,1-2H3. The lowest BCUT2D eigenvalue weighted by molar-refractivity contribution is 0.345. The van der Waals surface area contributed by atoms with Crippen LogP contribution in [0.15, 0.2) is 28.2 Å². The van der Waals surface area contributed by atoms with Gasteiger partial charge in [0, 0.05) is 32.7 Å². The molecule has 1 aliphatic rings. The van der Waals surface area contributed by atoms with E-state index >= 15 is 0 Å². The van der Waals surface area contributed by atoms with Crippen molar-refractivity contribution in [2.45, 2.75) is 19.3 Å². The number of benzene rings is 1. The Labute approximate surface area is 118 Å². The molecule has 1 heterocycles. The van der Waals surface area contributed by atoms with Gasteiger partial charge in [-0.15, -0.1) is 0 Å². The van der Waals surface area contributed by atoms with Gasteiger partial charge >= 0.3 is 0 Å². The fourth-order valence-electron chi connectivity index (χ4n) is 2.50. The van der Waals surface area contributed by atoms with Gasteiger partial charge in [-0.1, -0.05) is 0 Å². The topological polar surface area (TPSA) is 28.0 Å². The average Bonchev–Trinajstić information content (AvgIpc) is 2.48. The monoisotopic (exact) mass is 279 g/mol. The first-order valence-corrected chi connectivity index (χ1v) is 6.81. The van der Waals surface area contributed by atoms with Gasteiger partial charge in [0.05, 0.1) is 0 Å². The van der Waals surface area contributed by atoms with E-state index < -0.39 is 11.6 Å². The third-order valence-corrected chi connectivity index (χ3v) is 3.50. The van der Waals surface area contributed by atoms with Crippen LogP contribution in [0.25, 0.3) is 0 Å². The summed E-state index contributed by atoms with van der Waals surface area (Å²) >= 11 is 0. The van der Waals surface area contributed by atoms with E-state index in [0.29, 0.717) is 11.3 Å². The van der Waals surface area contributed by atoms with Gasteiger partial charge in [0.2, 0.25) is 0 Å². The first-order chi connectivity index (χ1) is 9.67. The van der Waals surface area contributed by atoms with Crippen LogP contribution < -0.4 is 0 Å². The van der Waals surface area contributed by atoms with Crippen molar-refractivity contribution in [2.75, 3.05) is 27.2 Å². The van der Waals surface area contributed by atoms with Gasteiger partial charge in [-0.2, -0.15) is 0 Å². The van der Waals surface area contributed by atoms with Gasteiger partial charge in [0.15, 0.2) is 11.6 Å². The first-order valence-electron chi connectivity index (χ1n) is 6.81. The van der Waals surface area contributed by atoms with E-state index in [1.807, 2.05) is 0 Å². The zero-order chi connectivity index (χ0) is 14.5. The molecule has 1 aromatic carbocycles. The normalized spacial score (nSPS) is 17.5. The number of likely N-dealkylation sites (tertiary alicyclic amines) is 1. The van der Waals surface area contributed by atoms with E-state index in [-0.39, 0.29) is 0 Å². The summed E-state index contributed by atoms with van der Waals surface area (Å²) in [6.07, 6.45) is 3.46. The molecule has 1 aromatic rings. The van der Waals surface area contributed by atoms with E-state index in [4.69, 9.17) is 0 Å². The summed E-state index contributed by atoms with van der Waals surface area (Å²) in [5, 5.41) is 0. The molecule has 1 aliphatic heterocycles. The Hall–Kier alpha value is -1.78. The molecular weight excluding hydrogens is 260 g/mol. The maximum Gasteiger partial charge on any atom is 0.159 e. The largest absolute Gasteiger partial charge is 0.355 e. The van der Waals surface area contributed by atoms with E-state index in [9.17, 15) is 8.78 Å². The molecule has 0 aliphatic carbocycles. The Morgan fingerprint density at radius 2 is 1.70 bits per heavy atom. The van der Waals surface area contributed by atoms with Crippen LogP contribution in [-0.4, -0.2) is 43.6 Å². The van der Waals surface area contributed by atoms with E-state index in [1.165, 1.54) is 18.6 Å². The summed E-state index contributed by atoms with van der Waals surface area (Å²) in [5.41, 5.74) is 1.16. The number of piperidine rings is 1. The minimum Gasteiger partial charge on any atom is -0.355 e. The Bertz CT molecular complexity index is 532. The molecule has 0 radical (unpaired) electrons. The highest BCUT2D eigenvalue weighted by atomic mass is 19.2. The van der Waals surface area contributed by atoms with Gasteiger partial charge < -0.3 is 4.90 Å². The van der Waals surface area contributed by atoms with Gasteiger partial charge in [0.25, 0.3) is 0 Å². The molecule has 3 nitrogen and oxygen atoms in total. The molecule has 5 heteroatoms. The predicted molar refractivity (Wildman–Crippen MR) is 77.6 cm³/mol. The highest BCUT2D eigenvalue weighted by molar-refractivity contribution is 6.47. The van der Waals surface area contributed by atoms with Crippen LogP contribution >= 0.6 is 0 Å². The summed E-state index contributed by atoms with van der Waals surface area (Å²) in [4.78, 5) is 10.7. The molecular formula is C15H19F2N3. The summed E-state index contributed by atoms with van der Waals surface area (Å²) in [6, 6.07) is 3.84. The van der Waals surface area contributed by atoms with Gasteiger partial charge in [-0.25, -0.2) is 8.78 Å². The van der Waals surface area contributed by atoms with Crippen molar-refractivity contribution in [3.05, 3.63) is 35.4 Å². The molecule has 0 amide bonds. The molecule has 2 rings (SSSR count). The second-order valence-electron chi connectivity index (χ2n) is 4.80. The highest BCUT2D eigenvalue weighted by Gasteiger charge is 2.20. The average molecular weight is 279 g/mol. The number of nitrogens with zero attached hydrogens (tertiary/aromatic N) is 3. The van der Waals surface area contributed by atoms with Crippen LogP contribution in [-0.2, 0) is 0 Å². The Kier molecular flexibility index (Phi) is 4.82. The molecule has 1 fully saturated rings. The molecule has 20 heavy (non-hydrogen) atoms. The molecule has 0 atom stereocenters. The van der Waals surface area contributed by atoms with Crippen LogP contribution in [0.5, 0.6) is 0 Å². The van der Waals surface area contributed by atoms with Crippen LogP contribution in [0, 0.1) is 11.6 Å². The number of hydrogen-bond donors (Lipinski definition) is 0. The Morgan fingerprint density at radius 3 is 2.25 bits per heavy atom. The Balaban J connectivity index is 2.32. The molecule has 0 saturated carbocycles. The van der Waals surface area contributed by atoms with Crippen LogP contribution in [0.3, 0.4) is 0 Å². The molecule has 0 unspecified atom stereocenters. The third-order valence-electron chi connectivity index (χ3n) is 3.50. The van der Waals surface area contributed by atoms with Crippen molar-refractivity contribution in [2.24, 2.45) is 9.98 Å². The quantitative estimate of drug-likeness (QED) is 0.604. The fraction of sp³-hybridized carbons (Fsp3) is 0.467. The molecule has 0 bridgehead atoms. The number of hydrogen-bond acceptors (Lipinski definition) is 2.